The summed E-state index contributed by atoms with van der Waals surface area (Å²) in [7, 11) is 0. The second-order valence-corrected chi connectivity index (χ2v) is 6.21. The van der Waals surface area contributed by atoms with Crippen molar-refractivity contribution in [1.82, 2.24) is 5.32 Å². The van der Waals surface area contributed by atoms with E-state index in [-0.39, 0.29) is 0 Å². The summed E-state index contributed by atoms with van der Waals surface area (Å²) in [5.74, 6) is 3.40. The lowest BCUT2D eigenvalue weighted by molar-refractivity contribution is 0.557. The molecule has 3 atom stereocenters. The fourth-order valence-corrected chi connectivity index (χ4v) is 3.57. The highest BCUT2D eigenvalue weighted by Gasteiger charge is 2.35. The van der Waals surface area contributed by atoms with Crippen LogP contribution in [0.1, 0.15) is 30.5 Å². The fraction of sp³-hybridized carbons (Fsp3) is 0.571. The third-order valence-corrected chi connectivity index (χ3v) is 4.82. The van der Waals surface area contributed by atoms with E-state index in [1.807, 2.05) is 0 Å². The van der Waals surface area contributed by atoms with E-state index in [4.69, 9.17) is 0 Å². The Balaban J connectivity index is 1.81. The number of fused-ring (bicyclic) bond motifs is 1. The minimum Gasteiger partial charge on any atom is -0.306 e. The van der Waals surface area contributed by atoms with E-state index >= 15 is 0 Å². The molecule has 3 rings (SSSR count). The molecule has 1 aliphatic carbocycles. The SMILES string of the molecule is CC1CC1NC1CSCCc2ccccc21. The van der Waals surface area contributed by atoms with Gasteiger partial charge in [-0.15, -0.1) is 0 Å². The van der Waals surface area contributed by atoms with Gasteiger partial charge in [0.1, 0.15) is 0 Å². The van der Waals surface area contributed by atoms with Crippen molar-refractivity contribution < 1.29 is 0 Å². The van der Waals surface area contributed by atoms with Crippen LogP contribution in [0.2, 0.25) is 0 Å². The first kappa shape index (κ1) is 10.7. The molecule has 1 aliphatic heterocycles. The van der Waals surface area contributed by atoms with Crippen molar-refractivity contribution in [2.24, 2.45) is 5.92 Å². The van der Waals surface area contributed by atoms with E-state index in [0.29, 0.717) is 6.04 Å². The van der Waals surface area contributed by atoms with Crippen LogP contribution in [-0.2, 0) is 6.42 Å². The van der Waals surface area contributed by atoms with Crippen LogP contribution in [-0.4, -0.2) is 17.5 Å². The number of thioether (sulfide) groups is 1. The Labute approximate surface area is 102 Å². The molecular weight excluding hydrogens is 214 g/mol. The van der Waals surface area contributed by atoms with Crippen LogP contribution in [0.3, 0.4) is 0 Å². The maximum atomic E-state index is 3.82. The van der Waals surface area contributed by atoms with Crippen molar-refractivity contribution in [3.8, 4) is 0 Å². The summed E-state index contributed by atoms with van der Waals surface area (Å²) in [6.45, 7) is 2.34. The topological polar surface area (TPSA) is 12.0 Å². The first-order chi connectivity index (χ1) is 7.84. The van der Waals surface area contributed by atoms with Crippen molar-refractivity contribution in [1.29, 1.82) is 0 Å². The molecule has 1 aromatic rings. The number of nitrogens with one attached hydrogen (secondary N) is 1. The standard InChI is InChI=1S/C14H19NS/c1-10-8-13(10)15-14-9-16-7-6-11-4-2-3-5-12(11)14/h2-5,10,13-15H,6-9H2,1H3. The van der Waals surface area contributed by atoms with Crippen molar-refractivity contribution in [3.05, 3.63) is 35.4 Å². The molecule has 1 saturated carbocycles. The summed E-state index contributed by atoms with van der Waals surface area (Å²) in [4.78, 5) is 0. The Morgan fingerprint density at radius 2 is 2.12 bits per heavy atom. The van der Waals surface area contributed by atoms with Gasteiger partial charge in [-0.3, -0.25) is 0 Å². The normalized spacial score (nSPS) is 32.9. The minimum absolute atomic E-state index is 0.582. The van der Waals surface area contributed by atoms with Crippen LogP contribution in [0.25, 0.3) is 0 Å². The molecule has 3 unspecified atom stereocenters. The van der Waals surface area contributed by atoms with E-state index in [2.05, 4.69) is 48.3 Å². The molecule has 0 saturated heterocycles. The van der Waals surface area contributed by atoms with E-state index in [9.17, 15) is 0 Å². The number of rotatable bonds is 2. The van der Waals surface area contributed by atoms with Gasteiger partial charge >= 0.3 is 0 Å². The minimum atomic E-state index is 0.582. The van der Waals surface area contributed by atoms with Crippen LogP contribution < -0.4 is 5.32 Å². The molecule has 2 aliphatic rings. The molecule has 1 nitrogen and oxygen atoms in total. The van der Waals surface area contributed by atoms with Crippen LogP contribution in [0.4, 0.5) is 0 Å². The van der Waals surface area contributed by atoms with Crippen molar-refractivity contribution >= 4 is 11.8 Å². The quantitative estimate of drug-likeness (QED) is 0.842. The van der Waals surface area contributed by atoms with Crippen molar-refractivity contribution in [3.63, 3.8) is 0 Å². The van der Waals surface area contributed by atoms with Gasteiger partial charge in [0.05, 0.1) is 0 Å². The largest absolute Gasteiger partial charge is 0.306 e. The summed E-state index contributed by atoms with van der Waals surface area (Å²) in [5.41, 5.74) is 3.10. The molecule has 0 bridgehead atoms. The summed E-state index contributed by atoms with van der Waals surface area (Å²) < 4.78 is 0. The lowest BCUT2D eigenvalue weighted by Crippen LogP contribution is -2.26. The van der Waals surface area contributed by atoms with E-state index in [1.165, 1.54) is 24.3 Å². The van der Waals surface area contributed by atoms with E-state index in [1.54, 1.807) is 11.1 Å². The fourth-order valence-electron chi connectivity index (χ4n) is 2.53. The van der Waals surface area contributed by atoms with Crippen LogP contribution in [0.15, 0.2) is 24.3 Å². The zero-order valence-electron chi connectivity index (χ0n) is 9.78. The highest BCUT2D eigenvalue weighted by molar-refractivity contribution is 7.99. The first-order valence-corrected chi connectivity index (χ1v) is 7.41. The molecule has 86 valence electrons. The molecule has 0 aromatic heterocycles. The molecule has 0 amide bonds. The molecule has 2 heteroatoms. The third kappa shape index (κ3) is 2.14. The lowest BCUT2D eigenvalue weighted by atomic mass is 9.99. The molecule has 1 fully saturated rings. The Bertz CT molecular complexity index is 377. The first-order valence-electron chi connectivity index (χ1n) is 6.26. The zero-order valence-corrected chi connectivity index (χ0v) is 10.6. The summed E-state index contributed by atoms with van der Waals surface area (Å²) in [5, 5.41) is 3.82. The van der Waals surface area contributed by atoms with Gasteiger partial charge in [0.15, 0.2) is 0 Å². The van der Waals surface area contributed by atoms with Gasteiger partial charge in [-0.2, -0.15) is 11.8 Å². The predicted octanol–water partition coefficient (Wildman–Crippen LogP) is 3.02. The third-order valence-electron chi connectivity index (χ3n) is 3.76. The summed E-state index contributed by atoms with van der Waals surface area (Å²) in [6.07, 6.45) is 2.60. The van der Waals surface area contributed by atoms with E-state index in [0.717, 1.165) is 12.0 Å². The number of benzene rings is 1. The molecule has 1 N–H and O–H groups in total. The van der Waals surface area contributed by atoms with Gasteiger partial charge in [0.2, 0.25) is 0 Å². The van der Waals surface area contributed by atoms with Crippen molar-refractivity contribution in [2.45, 2.75) is 31.8 Å². The highest BCUT2D eigenvalue weighted by Crippen LogP contribution is 2.34. The smallest absolute Gasteiger partial charge is 0.0416 e. The Kier molecular flexibility index (Phi) is 2.95. The van der Waals surface area contributed by atoms with Gasteiger partial charge in [-0.25, -0.2) is 0 Å². The Hall–Kier alpha value is -0.470. The van der Waals surface area contributed by atoms with E-state index < -0.39 is 0 Å². The summed E-state index contributed by atoms with van der Waals surface area (Å²) in [6, 6.07) is 10.3. The molecule has 16 heavy (non-hydrogen) atoms. The maximum absolute atomic E-state index is 3.82. The Morgan fingerprint density at radius 3 is 2.94 bits per heavy atom. The van der Waals surface area contributed by atoms with Crippen molar-refractivity contribution in [2.75, 3.05) is 11.5 Å². The number of hydrogen-bond acceptors (Lipinski definition) is 2. The Morgan fingerprint density at radius 1 is 1.31 bits per heavy atom. The van der Waals surface area contributed by atoms with Gasteiger partial charge in [-0.1, -0.05) is 31.2 Å². The monoisotopic (exact) mass is 233 g/mol. The van der Waals surface area contributed by atoms with Crippen LogP contribution in [0.5, 0.6) is 0 Å². The average molecular weight is 233 g/mol. The number of hydrogen-bond donors (Lipinski definition) is 1. The predicted molar refractivity (Wildman–Crippen MR) is 70.9 cm³/mol. The summed E-state index contributed by atoms with van der Waals surface area (Å²) >= 11 is 2.09. The second kappa shape index (κ2) is 4.42. The highest BCUT2D eigenvalue weighted by atomic mass is 32.2. The molecule has 1 aromatic carbocycles. The molecule has 0 radical (unpaired) electrons. The van der Waals surface area contributed by atoms with Gasteiger partial charge in [0, 0.05) is 17.8 Å². The molecule has 0 spiro atoms. The zero-order chi connectivity index (χ0) is 11.0. The van der Waals surface area contributed by atoms with Gasteiger partial charge in [0.25, 0.3) is 0 Å². The maximum Gasteiger partial charge on any atom is 0.0416 e. The molecule has 1 heterocycles. The van der Waals surface area contributed by atoms with Gasteiger partial charge < -0.3 is 5.32 Å². The van der Waals surface area contributed by atoms with Gasteiger partial charge in [-0.05, 0) is 35.6 Å². The van der Waals surface area contributed by atoms with Crippen LogP contribution >= 0.6 is 11.8 Å². The lowest BCUT2D eigenvalue weighted by Gasteiger charge is -2.19. The second-order valence-electron chi connectivity index (χ2n) is 5.06. The number of aryl methyl sites for hydroxylation is 1. The molecular formula is C14H19NS. The van der Waals surface area contributed by atoms with Crippen LogP contribution in [0, 0.1) is 5.92 Å². The average Bonchev–Trinajstić information content (AvgIpc) is 3.03.